The van der Waals surface area contributed by atoms with Crippen molar-refractivity contribution in [1.82, 2.24) is 10.2 Å². The molecular formula is C14H14N2O4. The number of carbonyl (C=O) groups excluding carboxylic acids is 2. The summed E-state index contributed by atoms with van der Waals surface area (Å²) >= 11 is 0. The van der Waals surface area contributed by atoms with Crippen LogP contribution >= 0.6 is 0 Å². The second-order valence-corrected chi connectivity index (χ2v) is 4.56. The van der Waals surface area contributed by atoms with Crippen molar-refractivity contribution in [3.05, 3.63) is 29.8 Å². The molecule has 3 rings (SSSR count). The van der Waals surface area contributed by atoms with E-state index in [0.717, 1.165) is 5.56 Å². The van der Waals surface area contributed by atoms with Crippen molar-refractivity contribution in [2.24, 2.45) is 0 Å². The first kappa shape index (κ1) is 12.5. The van der Waals surface area contributed by atoms with Crippen molar-refractivity contribution in [3.63, 3.8) is 0 Å². The number of rotatable bonds is 2. The molecule has 6 nitrogen and oxygen atoms in total. The Balaban J connectivity index is 1.67. The number of ether oxygens (including phenoxy) is 2. The number of carbonyl (C=O) groups is 2. The highest BCUT2D eigenvalue weighted by atomic mass is 16.7. The van der Waals surface area contributed by atoms with E-state index in [1.165, 1.54) is 11.0 Å². The van der Waals surface area contributed by atoms with Gasteiger partial charge in [0.1, 0.15) is 0 Å². The van der Waals surface area contributed by atoms with Gasteiger partial charge in [0.15, 0.2) is 11.5 Å². The summed E-state index contributed by atoms with van der Waals surface area (Å²) in [4.78, 5) is 24.7. The van der Waals surface area contributed by atoms with Crippen LogP contribution in [0.2, 0.25) is 0 Å². The van der Waals surface area contributed by atoms with E-state index in [9.17, 15) is 9.59 Å². The fourth-order valence-corrected chi connectivity index (χ4v) is 2.12. The normalized spacial score (nSPS) is 17.4. The van der Waals surface area contributed by atoms with E-state index in [-0.39, 0.29) is 25.2 Å². The minimum atomic E-state index is -0.169. The maximum atomic E-state index is 12.0. The minimum absolute atomic E-state index is 0.115. The number of hydrogen-bond donors (Lipinski definition) is 1. The van der Waals surface area contributed by atoms with Crippen LogP contribution in [0.1, 0.15) is 5.56 Å². The first-order valence-corrected chi connectivity index (χ1v) is 6.36. The molecule has 0 atom stereocenters. The number of piperazine rings is 1. The quantitative estimate of drug-likeness (QED) is 0.792. The van der Waals surface area contributed by atoms with E-state index in [2.05, 4.69) is 5.32 Å². The predicted molar refractivity (Wildman–Crippen MR) is 71.2 cm³/mol. The van der Waals surface area contributed by atoms with Crippen LogP contribution in [-0.2, 0) is 9.59 Å². The molecule has 0 bridgehead atoms. The number of nitrogens with one attached hydrogen (secondary N) is 1. The maximum Gasteiger partial charge on any atom is 0.247 e. The molecule has 2 heterocycles. The van der Waals surface area contributed by atoms with E-state index in [0.29, 0.717) is 24.6 Å². The van der Waals surface area contributed by atoms with Gasteiger partial charge >= 0.3 is 0 Å². The predicted octanol–water partition coefficient (Wildman–Crippen LogP) is 0.387. The lowest BCUT2D eigenvalue weighted by molar-refractivity contribution is -0.134. The lowest BCUT2D eigenvalue weighted by atomic mass is 10.2. The molecule has 104 valence electrons. The van der Waals surface area contributed by atoms with E-state index in [4.69, 9.17) is 9.47 Å². The molecule has 0 aliphatic carbocycles. The van der Waals surface area contributed by atoms with Crippen LogP contribution in [0.5, 0.6) is 11.5 Å². The fraction of sp³-hybridized carbons (Fsp3) is 0.286. The van der Waals surface area contributed by atoms with Gasteiger partial charge in [-0.15, -0.1) is 0 Å². The maximum absolute atomic E-state index is 12.0. The summed E-state index contributed by atoms with van der Waals surface area (Å²) in [7, 11) is 0. The zero-order valence-electron chi connectivity index (χ0n) is 10.8. The highest BCUT2D eigenvalue weighted by Gasteiger charge is 2.19. The summed E-state index contributed by atoms with van der Waals surface area (Å²) in [6.07, 6.45) is 3.17. The van der Waals surface area contributed by atoms with Crippen LogP contribution < -0.4 is 14.8 Å². The van der Waals surface area contributed by atoms with Gasteiger partial charge in [0.2, 0.25) is 18.6 Å². The standard InChI is InChI=1S/C14H14N2O4/c17-13-8-16(6-5-15-13)14(18)4-2-10-1-3-11-12(7-10)20-9-19-11/h1-4,7H,5-6,8-9H2,(H,15,17)/b4-2-. The molecule has 2 aliphatic heterocycles. The summed E-state index contributed by atoms with van der Waals surface area (Å²) in [6.45, 7) is 1.38. The Morgan fingerprint density at radius 2 is 2.15 bits per heavy atom. The largest absolute Gasteiger partial charge is 0.454 e. The molecule has 0 saturated carbocycles. The van der Waals surface area contributed by atoms with Crippen LogP contribution in [0.15, 0.2) is 24.3 Å². The summed E-state index contributed by atoms with van der Waals surface area (Å²) < 4.78 is 10.5. The van der Waals surface area contributed by atoms with Gasteiger partial charge in [-0.05, 0) is 23.8 Å². The molecule has 1 aromatic rings. The molecule has 1 aromatic carbocycles. The molecule has 2 amide bonds. The van der Waals surface area contributed by atoms with E-state index in [1.807, 2.05) is 12.1 Å². The molecule has 0 radical (unpaired) electrons. The Labute approximate surface area is 116 Å². The average Bonchev–Trinajstić information content (AvgIpc) is 2.92. The SMILES string of the molecule is O=C1CN(C(=O)/C=C\c2ccc3c(c2)OCO3)CCN1. The van der Waals surface area contributed by atoms with Gasteiger partial charge in [0, 0.05) is 19.2 Å². The molecule has 1 fully saturated rings. The highest BCUT2D eigenvalue weighted by Crippen LogP contribution is 2.32. The average molecular weight is 274 g/mol. The molecule has 0 aromatic heterocycles. The number of amides is 2. The second kappa shape index (κ2) is 5.24. The highest BCUT2D eigenvalue weighted by molar-refractivity contribution is 5.95. The number of benzene rings is 1. The fourth-order valence-electron chi connectivity index (χ4n) is 2.12. The lowest BCUT2D eigenvalue weighted by Gasteiger charge is -2.25. The third-order valence-corrected chi connectivity index (χ3v) is 3.17. The number of nitrogens with zero attached hydrogens (tertiary/aromatic N) is 1. The Morgan fingerprint density at radius 1 is 1.30 bits per heavy atom. The first-order chi connectivity index (χ1) is 9.72. The topological polar surface area (TPSA) is 67.9 Å². The lowest BCUT2D eigenvalue weighted by Crippen LogP contribution is -2.49. The van der Waals surface area contributed by atoms with Crippen LogP contribution in [0.25, 0.3) is 6.08 Å². The Morgan fingerprint density at radius 3 is 3.00 bits per heavy atom. The van der Waals surface area contributed by atoms with E-state index in [1.54, 1.807) is 12.1 Å². The summed E-state index contributed by atoms with van der Waals surface area (Å²) in [5.41, 5.74) is 0.851. The second-order valence-electron chi connectivity index (χ2n) is 4.56. The summed E-state index contributed by atoms with van der Waals surface area (Å²) in [5, 5.41) is 2.68. The first-order valence-electron chi connectivity index (χ1n) is 6.36. The number of fused-ring (bicyclic) bond motifs is 1. The monoisotopic (exact) mass is 274 g/mol. The molecule has 2 aliphatic rings. The van der Waals surface area contributed by atoms with Crippen molar-refractivity contribution in [1.29, 1.82) is 0 Å². The molecule has 20 heavy (non-hydrogen) atoms. The molecule has 0 spiro atoms. The Kier molecular flexibility index (Phi) is 3.28. The summed E-state index contributed by atoms with van der Waals surface area (Å²) in [6, 6.07) is 5.47. The van der Waals surface area contributed by atoms with Crippen LogP contribution in [0.4, 0.5) is 0 Å². The van der Waals surface area contributed by atoms with Gasteiger partial charge < -0.3 is 19.7 Å². The van der Waals surface area contributed by atoms with Gasteiger partial charge in [0.25, 0.3) is 0 Å². The van der Waals surface area contributed by atoms with Gasteiger partial charge in [-0.2, -0.15) is 0 Å². The van der Waals surface area contributed by atoms with Crippen molar-refractivity contribution in [3.8, 4) is 11.5 Å². The minimum Gasteiger partial charge on any atom is -0.454 e. The Bertz CT molecular complexity index is 583. The van der Waals surface area contributed by atoms with Crippen molar-refractivity contribution >= 4 is 17.9 Å². The third-order valence-electron chi connectivity index (χ3n) is 3.17. The van der Waals surface area contributed by atoms with E-state index < -0.39 is 0 Å². The van der Waals surface area contributed by atoms with Crippen molar-refractivity contribution in [2.45, 2.75) is 0 Å². The molecule has 6 heteroatoms. The smallest absolute Gasteiger partial charge is 0.247 e. The van der Waals surface area contributed by atoms with Crippen LogP contribution in [0, 0.1) is 0 Å². The van der Waals surface area contributed by atoms with Gasteiger partial charge in [-0.25, -0.2) is 0 Å². The zero-order valence-corrected chi connectivity index (χ0v) is 10.8. The third kappa shape index (κ3) is 2.59. The molecule has 0 unspecified atom stereocenters. The van der Waals surface area contributed by atoms with Gasteiger partial charge in [0.05, 0.1) is 6.54 Å². The van der Waals surface area contributed by atoms with Crippen LogP contribution in [0.3, 0.4) is 0 Å². The van der Waals surface area contributed by atoms with Crippen LogP contribution in [-0.4, -0.2) is 43.1 Å². The van der Waals surface area contributed by atoms with Crippen molar-refractivity contribution in [2.75, 3.05) is 26.4 Å². The molecular weight excluding hydrogens is 260 g/mol. The number of hydrogen-bond acceptors (Lipinski definition) is 4. The molecule has 1 saturated heterocycles. The van der Waals surface area contributed by atoms with Gasteiger partial charge in [-0.3, -0.25) is 9.59 Å². The summed E-state index contributed by atoms with van der Waals surface area (Å²) in [5.74, 6) is 1.09. The Hall–Kier alpha value is -2.50. The van der Waals surface area contributed by atoms with E-state index >= 15 is 0 Å². The molecule has 1 N–H and O–H groups in total. The van der Waals surface area contributed by atoms with Gasteiger partial charge in [-0.1, -0.05) is 6.07 Å². The van der Waals surface area contributed by atoms with Crippen molar-refractivity contribution < 1.29 is 19.1 Å². The zero-order chi connectivity index (χ0) is 13.9.